The van der Waals surface area contributed by atoms with Gasteiger partial charge in [-0.25, -0.2) is 19.6 Å². The fourth-order valence-corrected chi connectivity index (χ4v) is 6.33. The highest BCUT2D eigenvalue weighted by Crippen LogP contribution is 2.40. The Hall–Kier alpha value is -5.79. The fourth-order valence-electron chi connectivity index (χ4n) is 6.33. The number of nitrogens with zero attached hydrogens (tertiary/aromatic N) is 7. The van der Waals surface area contributed by atoms with Gasteiger partial charge in [0.1, 0.15) is 17.0 Å². The number of benzene rings is 2. The maximum Gasteiger partial charge on any atom is 0.435 e. The first-order chi connectivity index (χ1) is 25.0. The lowest BCUT2D eigenvalue weighted by Gasteiger charge is -2.28. The Morgan fingerprint density at radius 3 is 2.45 bits per heavy atom. The van der Waals surface area contributed by atoms with Crippen LogP contribution in [0.4, 0.5) is 32.6 Å². The van der Waals surface area contributed by atoms with Gasteiger partial charge in [0.05, 0.1) is 41.6 Å². The molecule has 0 saturated carbocycles. The lowest BCUT2D eigenvalue weighted by atomic mass is 9.99. The van der Waals surface area contributed by atoms with E-state index in [1.807, 2.05) is 59.6 Å². The molecule has 0 spiro atoms. The number of carbonyl (C=O) groups is 2. The Bertz CT molecular complexity index is 2160. The number of ether oxygens (including phenoxy) is 3. The van der Waals surface area contributed by atoms with Crippen LogP contribution in [0.5, 0.6) is 5.75 Å². The van der Waals surface area contributed by atoms with Crippen molar-refractivity contribution in [1.82, 2.24) is 29.2 Å². The van der Waals surface area contributed by atoms with E-state index in [2.05, 4.69) is 39.4 Å². The van der Waals surface area contributed by atoms with Crippen LogP contribution in [0.1, 0.15) is 53.5 Å². The predicted molar refractivity (Wildman–Crippen MR) is 207 cm³/mol. The van der Waals surface area contributed by atoms with Gasteiger partial charge in [0.15, 0.2) is 0 Å². The van der Waals surface area contributed by atoms with Crippen molar-refractivity contribution in [2.24, 2.45) is 0 Å². The second kappa shape index (κ2) is 14.3. The summed E-state index contributed by atoms with van der Waals surface area (Å²) in [7, 11) is 5.19. The van der Waals surface area contributed by atoms with Crippen molar-refractivity contribution in [2.45, 2.75) is 72.1 Å². The normalized spacial score (nSPS) is 12.8. The molecule has 280 valence electrons. The molecule has 14 nitrogen and oxygen atoms in total. The molecular weight excluding hydrogens is 674 g/mol. The number of nitrogens with one attached hydrogen (secondary N) is 1. The summed E-state index contributed by atoms with van der Waals surface area (Å²) in [6.45, 7) is 12.8. The molecule has 4 heterocycles. The molecular formula is C39H49N9O5. The highest BCUT2D eigenvalue weighted by atomic mass is 16.6. The summed E-state index contributed by atoms with van der Waals surface area (Å²) in [6.07, 6.45) is 8.22. The standard InChI is InChI=1S/C39H49N9O5/c1-38(2,3)52-36(49)46(8)17-16-45(7)31-19-32(51-9)30(18-29(31)40)43-35-41-21-27(25-20-42-48(22-25)37(50)53-39(4,5)6)33(44-35)28-23-47-15-11-13-24-12-10-14-26(28)34(24)47/h10,12,14,18-23H,11,13,15-17,40H2,1-9H3,(H,41,43,44). The average Bonchev–Trinajstić information content (AvgIpc) is 3.73. The zero-order valence-corrected chi connectivity index (χ0v) is 32.0. The first-order valence-corrected chi connectivity index (χ1v) is 17.7. The summed E-state index contributed by atoms with van der Waals surface area (Å²) in [6, 6.07) is 10.0. The molecule has 0 radical (unpaired) electrons. The molecule has 5 aromatic rings. The van der Waals surface area contributed by atoms with Gasteiger partial charge in [-0.05, 0) is 66.0 Å². The summed E-state index contributed by atoms with van der Waals surface area (Å²) >= 11 is 0. The highest BCUT2D eigenvalue weighted by molar-refractivity contribution is 6.00. The third-order valence-corrected chi connectivity index (χ3v) is 8.83. The molecule has 1 amide bonds. The molecule has 1 aliphatic heterocycles. The Labute approximate surface area is 309 Å². The smallest absolute Gasteiger partial charge is 0.435 e. The van der Waals surface area contributed by atoms with E-state index in [9.17, 15) is 9.59 Å². The van der Waals surface area contributed by atoms with Crippen LogP contribution >= 0.6 is 0 Å². The van der Waals surface area contributed by atoms with Gasteiger partial charge >= 0.3 is 12.2 Å². The minimum Gasteiger partial charge on any atom is -0.494 e. The maximum absolute atomic E-state index is 12.9. The number of aryl methyl sites for hydroxylation is 2. The minimum atomic E-state index is -0.673. The molecule has 1 aliphatic rings. The predicted octanol–water partition coefficient (Wildman–Crippen LogP) is 7.33. The largest absolute Gasteiger partial charge is 0.494 e. The molecule has 53 heavy (non-hydrogen) atoms. The number of hydrogen-bond acceptors (Lipinski definition) is 11. The fraction of sp³-hybridized carbons (Fsp3) is 0.410. The van der Waals surface area contributed by atoms with E-state index in [-0.39, 0.29) is 0 Å². The number of carbonyl (C=O) groups excluding carboxylic acids is 2. The van der Waals surface area contributed by atoms with Crippen LogP contribution < -0.4 is 20.7 Å². The molecule has 2 aromatic carbocycles. The SMILES string of the molecule is COc1cc(N(C)CCN(C)C(=O)OC(C)(C)C)c(N)cc1Nc1ncc(-c2cnn(C(=O)OC(C)(C)C)c2)c(-c2cn3c4c(cccc24)CCC3)n1. The van der Waals surface area contributed by atoms with Crippen LogP contribution in [0.2, 0.25) is 0 Å². The van der Waals surface area contributed by atoms with E-state index >= 15 is 0 Å². The third-order valence-electron chi connectivity index (χ3n) is 8.83. The number of hydrogen-bond donors (Lipinski definition) is 2. The van der Waals surface area contributed by atoms with Crippen LogP contribution in [0, 0.1) is 0 Å². The third kappa shape index (κ3) is 8.16. The van der Waals surface area contributed by atoms with Gasteiger partial charge in [-0.15, -0.1) is 0 Å². The Kier molecular flexibility index (Phi) is 9.99. The van der Waals surface area contributed by atoms with Crippen LogP contribution in [0.15, 0.2) is 55.1 Å². The highest BCUT2D eigenvalue weighted by Gasteiger charge is 2.25. The van der Waals surface area contributed by atoms with Gasteiger partial charge in [-0.2, -0.15) is 9.78 Å². The summed E-state index contributed by atoms with van der Waals surface area (Å²) in [5.41, 5.74) is 12.6. The zero-order valence-electron chi connectivity index (χ0n) is 32.0. The number of anilines is 4. The van der Waals surface area contributed by atoms with Crippen LogP contribution in [-0.4, -0.2) is 86.9 Å². The number of aromatic nitrogens is 5. The van der Waals surface area contributed by atoms with Crippen molar-refractivity contribution in [3.8, 4) is 28.1 Å². The van der Waals surface area contributed by atoms with Crippen molar-refractivity contribution < 1.29 is 23.8 Å². The monoisotopic (exact) mass is 723 g/mol. The molecule has 0 atom stereocenters. The van der Waals surface area contributed by atoms with Gasteiger partial charge in [-0.3, -0.25) is 0 Å². The van der Waals surface area contributed by atoms with Crippen LogP contribution in [0.3, 0.4) is 0 Å². The lowest BCUT2D eigenvalue weighted by molar-refractivity contribution is 0.0303. The van der Waals surface area contributed by atoms with Gasteiger partial charge in [0.2, 0.25) is 5.95 Å². The topological polar surface area (TPSA) is 155 Å². The zero-order chi connectivity index (χ0) is 38.2. The maximum atomic E-state index is 12.9. The molecule has 0 unspecified atom stereocenters. The summed E-state index contributed by atoms with van der Waals surface area (Å²) < 4.78 is 20.3. The van der Waals surface area contributed by atoms with Crippen molar-refractivity contribution in [1.29, 1.82) is 0 Å². The average molecular weight is 724 g/mol. The van der Waals surface area contributed by atoms with E-state index in [4.69, 9.17) is 29.9 Å². The molecule has 0 aliphatic carbocycles. The van der Waals surface area contributed by atoms with E-state index in [1.165, 1.54) is 20.7 Å². The Morgan fingerprint density at radius 2 is 1.74 bits per heavy atom. The van der Waals surface area contributed by atoms with E-state index in [0.29, 0.717) is 53.0 Å². The Balaban J connectivity index is 1.33. The van der Waals surface area contributed by atoms with Crippen molar-refractivity contribution in [3.63, 3.8) is 0 Å². The van der Waals surface area contributed by atoms with Gasteiger partial charge in [0, 0.05) is 80.5 Å². The molecule has 3 N–H and O–H groups in total. The number of nitrogens with two attached hydrogens (primary N) is 1. The number of rotatable bonds is 9. The second-order valence-corrected chi connectivity index (χ2v) is 15.3. The quantitative estimate of drug-likeness (QED) is 0.147. The number of amides is 1. The minimum absolute atomic E-state index is 0.327. The van der Waals surface area contributed by atoms with Crippen molar-refractivity contribution in [2.75, 3.05) is 50.2 Å². The second-order valence-electron chi connectivity index (χ2n) is 15.3. The lowest BCUT2D eigenvalue weighted by Crippen LogP contribution is -2.38. The number of likely N-dealkylation sites (N-methyl/N-ethyl adjacent to an activating group) is 2. The molecule has 0 bridgehead atoms. The first kappa shape index (κ1) is 37.0. The van der Waals surface area contributed by atoms with E-state index in [0.717, 1.165) is 36.0 Å². The molecule has 6 rings (SSSR count). The summed E-state index contributed by atoms with van der Waals surface area (Å²) in [5.74, 6) is 0.856. The Morgan fingerprint density at radius 1 is 0.981 bits per heavy atom. The van der Waals surface area contributed by atoms with Crippen LogP contribution in [0.25, 0.3) is 33.3 Å². The number of nitrogen functional groups attached to an aromatic ring is 1. The van der Waals surface area contributed by atoms with Crippen molar-refractivity contribution >= 4 is 46.1 Å². The first-order valence-electron chi connectivity index (χ1n) is 17.7. The molecule has 0 saturated heterocycles. The van der Waals surface area contributed by atoms with E-state index in [1.54, 1.807) is 38.8 Å². The summed E-state index contributed by atoms with van der Waals surface area (Å²) in [5, 5.41) is 8.73. The van der Waals surface area contributed by atoms with E-state index < -0.39 is 23.4 Å². The number of para-hydroxylation sites is 1. The van der Waals surface area contributed by atoms with Crippen LogP contribution in [-0.2, 0) is 22.4 Å². The van der Waals surface area contributed by atoms with Gasteiger partial charge in [0.25, 0.3) is 0 Å². The summed E-state index contributed by atoms with van der Waals surface area (Å²) in [4.78, 5) is 38.6. The molecule has 14 heteroatoms. The van der Waals surface area contributed by atoms with Crippen molar-refractivity contribution in [3.05, 3.63) is 60.7 Å². The molecule has 3 aromatic heterocycles. The number of methoxy groups -OCH3 is 1. The van der Waals surface area contributed by atoms with Gasteiger partial charge in [-0.1, -0.05) is 18.2 Å². The molecule has 0 fully saturated rings. The van der Waals surface area contributed by atoms with Gasteiger partial charge < -0.3 is 39.6 Å².